The summed E-state index contributed by atoms with van der Waals surface area (Å²) < 4.78 is 0. The van der Waals surface area contributed by atoms with E-state index in [0.717, 1.165) is 44.8 Å². The van der Waals surface area contributed by atoms with Gasteiger partial charge in [0.15, 0.2) is 0 Å². The van der Waals surface area contributed by atoms with Crippen molar-refractivity contribution < 1.29 is 4.79 Å². The van der Waals surface area contributed by atoms with E-state index >= 15 is 0 Å². The van der Waals surface area contributed by atoms with Crippen LogP contribution in [0.2, 0.25) is 0 Å². The molecule has 1 amide bonds. The molecule has 0 bridgehead atoms. The highest BCUT2D eigenvalue weighted by Gasteiger charge is 2.22. The fourth-order valence-electron chi connectivity index (χ4n) is 2.40. The van der Waals surface area contributed by atoms with Gasteiger partial charge in [-0.3, -0.25) is 4.79 Å². The molecule has 0 aliphatic carbocycles. The van der Waals surface area contributed by atoms with Crippen LogP contribution in [0.25, 0.3) is 0 Å². The molecule has 0 radical (unpaired) electrons. The Balaban J connectivity index is 2.03. The van der Waals surface area contributed by atoms with Gasteiger partial charge in [0.1, 0.15) is 5.69 Å². The number of nitrogens with one attached hydrogen (secondary N) is 1. The standard InChI is InChI=1S/C16H27N5O/c1-12(2)5-6-17-16-18-13(3)11-14(19-16)15(22)21-9-7-20(4)8-10-21/h11-12H,5-10H2,1-4H3,(H,17,18,19). The van der Waals surface area contributed by atoms with Crippen molar-refractivity contribution in [2.45, 2.75) is 27.2 Å². The fraction of sp³-hybridized carbons (Fsp3) is 0.688. The molecule has 1 aliphatic rings. The minimum absolute atomic E-state index is 0.00510. The van der Waals surface area contributed by atoms with Gasteiger partial charge in [0.25, 0.3) is 5.91 Å². The number of carbonyl (C=O) groups excluding carboxylic acids is 1. The summed E-state index contributed by atoms with van der Waals surface area (Å²) in [6, 6.07) is 1.77. The van der Waals surface area contributed by atoms with Crippen molar-refractivity contribution in [2.24, 2.45) is 5.92 Å². The van der Waals surface area contributed by atoms with Gasteiger partial charge in [-0.1, -0.05) is 13.8 Å². The summed E-state index contributed by atoms with van der Waals surface area (Å²) in [6.45, 7) is 10.4. The molecule has 0 aromatic carbocycles. The van der Waals surface area contributed by atoms with Gasteiger partial charge in [-0.2, -0.15) is 0 Å². The Labute approximate surface area is 132 Å². The molecule has 6 nitrogen and oxygen atoms in total. The lowest BCUT2D eigenvalue weighted by Gasteiger charge is -2.32. The van der Waals surface area contributed by atoms with Gasteiger partial charge in [0.2, 0.25) is 5.95 Å². The quantitative estimate of drug-likeness (QED) is 0.896. The Morgan fingerprint density at radius 3 is 2.59 bits per heavy atom. The van der Waals surface area contributed by atoms with Crippen molar-refractivity contribution in [3.8, 4) is 0 Å². The van der Waals surface area contributed by atoms with E-state index in [1.54, 1.807) is 6.07 Å². The lowest BCUT2D eigenvalue weighted by Crippen LogP contribution is -2.47. The molecule has 1 fully saturated rings. The van der Waals surface area contributed by atoms with Crippen LogP contribution in [-0.4, -0.2) is 65.4 Å². The normalized spacial score (nSPS) is 16.1. The van der Waals surface area contributed by atoms with E-state index in [1.807, 2.05) is 11.8 Å². The Morgan fingerprint density at radius 1 is 1.27 bits per heavy atom. The zero-order valence-electron chi connectivity index (χ0n) is 14.1. The molecule has 1 saturated heterocycles. The summed E-state index contributed by atoms with van der Waals surface area (Å²) in [5.74, 6) is 1.19. The first-order valence-electron chi connectivity index (χ1n) is 8.03. The van der Waals surface area contributed by atoms with Gasteiger partial charge in [0, 0.05) is 38.4 Å². The number of amides is 1. The van der Waals surface area contributed by atoms with Crippen molar-refractivity contribution in [2.75, 3.05) is 45.1 Å². The van der Waals surface area contributed by atoms with Crippen molar-refractivity contribution >= 4 is 11.9 Å². The third-order valence-electron chi connectivity index (χ3n) is 3.87. The van der Waals surface area contributed by atoms with E-state index in [4.69, 9.17) is 0 Å². The molecule has 2 rings (SSSR count). The molecule has 1 N–H and O–H groups in total. The Kier molecular flexibility index (Phi) is 5.71. The number of aryl methyl sites for hydroxylation is 1. The number of hydrogen-bond donors (Lipinski definition) is 1. The maximum atomic E-state index is 12.6. The number of carbonyl (C=O) groups is 1. The second-order valence-electron chi connectivity index (χ2n) is 6.42. The summed E-state index contributed by atoms with van der Waals surface area (Å²) in [7, 11) is 2.08. The minimum atomic E-state index is 0.00510. The molecule has 1 aliphatic heterocycles. The molecule has 1 aromatic heterocycles. The number of rotatable bonds is 5. The summed E-state index contributed by atoms with van der Waals surface area (Å²) in [5, 5.41) is 3.22. The van der Waals surface area contributed by atoms with E-state index in [-0.39, 0.29) is 5.91 Å². The summed E-state index contributed by atoms with van der Waals surface area (Å²) >= 11 is 0. The van der Waals surface area contributed by atoms with E-state index in [9.17, 15) is 4.79 Å². The third-order valence-corrected chi connectivity index (χ3v) is 3.87. The molecular formula is C16H27N5O. The van der Waals surface area contributed by atoms with Crippen molar-refractivity contribution in [1.82, 2.24) is 19.8 Å². The molecule has 0 saturated carbocycles. The second kappa shape index (κ2) is 7.54. The number of anilines is 1. The van der Waals surface area contributed by atoms with Crippen LogP contribution < -0.4 is 5.32 Å². The summed E-state index contributed by atoms with van der Waals surface area (Å²) in [5.41, 5.74) is 1.31. The third kappa shape index (κ3) is 4.66. The van der Waals surface area contributed by atoms with Gasteiger partial charge >= 0.3 is 0 Å². The van der Waals surface area contributed by atoms with Crippen LogP contribution in [0.4, 0.5) is 5.95 Å². The highest BCUT2D eigenvalue weighted by atomic mass is 16.2. The minimum Gasteiger partial charge on any atom is -0.354 e. The van der Waals surface area contributed by atoms with Crippen molar-refractivity contribution in [3.05, 3.63) is 17.5 Å². The number of aromatic nitrogens is 2. The van der Waals surface area contributed by atoms with Gasteiger partial charge in [-0.05, 0) is 32.4 Å². The predicted molar refractivity (Wildman–Crippen MR) is 88.1 cm³/mol. The van der Waals surface area contributed by atoms with E-state index in [1.165, 1.54) is 0 Å². The summed E-state index contributed by atoms with van der Waals surface area (Å²) in [4.78, 5) is 25.5. The molecular weight excluding hydrogens is 278 g/mol. The van der Waals surface area contributed by atoms with E-state index in [2.05, 4.69) is 41.1 Å². The molecule has 0 unspecified atom stereocenters. The molecule has 2 heterocycles. The molecule has 6 heteroatoms. The molecule has 1 aromatic rings. The average Bonchev–Trinajstić information content (AvgIpc) is 2.46. The Morgan fingerprint density at radius 2 is 1.95 bits per heavy atom. The van der Waals surface area contributed by atoms with Crippen LogP contribution in [-0.2, 0) is 0 Å². The van der Waals surface area contributed by atoms with Gasteiger partial charge in [-0.15, -0.1) is 0 Å². The smallest absolute Gasteiger partial charge is 0.272 e. The molecule has 22 heavy (non-hydrogen) atoms. The fourth-order valence-corrected chi connectivity index (χ4v) is 2.40. The first kappa shape index (κ1) is 16.7. The highest BCUT2D eigenvalue weighted by molar-refractivity contribution is 5.92. The SMILES string of the molecule is Cc1cc(C(=O)N2CCN(C)CC2)nc(NCCC(C)C)n1. The summed E-state index contributed by atoms with van der Waals surface area (Å²) in [6.07, 6.45) is 1.05. The van der Waals surface area contributed by atoms with Crippen LogP contribution in [0.5, 0.6) is 0 Å². The van der Waals surface area contributed by atoms with Crippen LogP contribution in [0.15, 0.2) is 6.07 Å². The molecule has 122 valence electrons. The lowest BCUT2D eigenvalue weighted by molar-refractivity contribution is 0.0658. The predicted octanol–water partition coefficient (Wildman–Crippen LogP) is 1.63. The Hall–Kier alpha value is -1.69. The number of piperazine rings is 1. The number of hydrogen-bond acceptors (Lipinski definition) is 5. The zero-order chi connectivity index (χ0) is 16.1. The Bertz CT molecular complexity index is 509. The van der Waals surface area contributed by atoms with E-state index < -0.39 is 0 Å². The van der Waals surface area contributed by atoms with E-state index in [0.29, 0.717) is 17.6 Å². The van der Waals surface area contributed by atoms with Gasteiger partial charge < -0.3 is 15.1 Å². The van der Waals surface area contributed by atoms with Crippen molar-refractivity contribution in [3.63, 3.8) is 0 Å². The maximum absolute atomic E-state index is 12.6. The lowest BCUT2D eigenvalue weighted by atomic mass is 10.1. The van der Waals surface area contributed by atoms with Gasteiger partial charge in [-0.25, -0.2) is 9.97 Å². The van der Waals surface area contributed by atoms with Crippen LogP contribution in [0, 0.1) is 12.8 Å². The van der Waals surface area contributed by atoms with Crippen LogP contribution >= 0.6 is 0 Å². The second-order valence-corrected chi connectivity index (χ2v) is 6.42. The molecule has 0 atom stereocenters. The van der Waals surface area contributed by atoms with Crippen molar-refractivity contribution in [1.29, 1.82) is 0 Å². The largest absolute Gasteiger partial charge is 0.354 e. The maximum Gasteiger partial charge on any atom is 0.272 e. The zero-order valence-corrected chi connectivity index (χ0v) is 14.1. The highest BCUT2D eigenvalue weighted by Crippen LogP contribution is 2.10. The number of likely N-dealkylation sites (N-methyl/N-ethyl adjacent to an activating group) is 1. The topological polar surface area (TPSA) is 61.4 Å². The monoisotopic (exact) mass is 305 g/mol. The average molecular weight is 305 g/mol. The molecule has 0 spiro atoms. The van der Waals surface area contributed by atoms with Crippen LogP contribution in [0.3, 0.4) is 0 Å². The van der Waals surface area contributed by atoms with Crippen LogP contribution in [0.1, 0.15) is 36.5 Å². The van der Waals surface area contributed by atoms with Gasteiger partial charge in [0.05, 0.1) is 0 Å². The first-order chi connectivity index (χ1) is 10.5. The first-order valence-corrected chi connectivity index (χ1v) is 8.03. The number of nitrogens with zero attached hydrogens (tertiary/aromatic N) is 4.